The minimum absolute atomic E-state index is 0.0590. The number of ether oxygens (including phenoxy) is 1. The number of carbonyl (C=O) groups excluding carboxylic acids is 1. The standard InChI is InChI=1S/C22H21ClN4O2/c1-16-14-26(10-11-27(16)22(28)17-6-3-2-4-7-17)20-13-21(25-15-24-20)29-19-9-5-8-18(23)12-19/h2-9,12-13,15-16H,10-11,14H2,1H3/t16-/m1/s1. The van der Waals surface area contributed by atoms with Crippen molar-refractivity contribution in [3.63, 3.8) is 0 Å². The van der Waals surface area contributed by atoms with Gasteiger partial charge in [-0.15, -0.1) is 0 Å². The molecule has 0 bridgehead atoms. The van der Waals surface area contributed by atoms with Crippen LogP contribution in [0.2, 0.25) is 5.02 Å². The van der Waals surface area contributed by atoms with Gasteiger partial charge in [-0.05, 0) is 37.3 Å². The lowest BCUT2D eigenvalue weighted by Gasteiger charge is -2.40. The van der Waals surface area contributed by atoms with E-state index in [1.165, 1.54) is 6.33 Å². The highest BCUT2D eigenvalue weighted by molar-refractivity contribution is 6.30. The second kappa shape index (κ2) is 8.49. The largest absolute Gasteiger partial charge is 0.439 e. The summed E-state index contributed by atoms with van der Waals surface area (Å²) in [6.07, 6.45) is 1.49. The molecule has 1 aliphatic rings. The number of aromatic nitrogens is 2. The Labute approximate surface area is 174 Å². The second-order valence-corrected chi connectivity index (χ2v) is 7.37. The van der Waals surface area contributed by atoms with Gasteiger partial charge in [0.05, 0.1) is 0 Å². The van der Waals surface area contributed by atoms with Crippen molar-refractivity contribution in [2.24, 2.45) is 0 Å². The molecule has 148 valence electrons. The van der Waals surface area contributed by atoms with Gasteiger partial charge in [-0.2, -0.15) is 0 Å². The fraction of sp³-hybridized carbons (Fsp3) is 0.227. The van der Waals surface area contributed by atoms with Gasteiger partial charge in [0.2, 0.25) is 5.88 Å². The number of anilines is 1. The van der Waals surface area contributed by atoms with Gasteiger partial charge in [-0.3, -0.25) is 4.79 Å². The van der Waals surface area contributed by atoms with Crippen molar-refractivity contribution in [1.82, 2.24) is 14.9 Å². The average Bonchev–Trinajstić information content (AvgIpc) is 2.74. The summed E-state index contributed by atoms with van der Waals surface area (Å²) in [5.74, 6) is 1.91. The molecule has 6 nitrogen and oxygen atoms in total. The summed E-state index contributed by atoms with van der Waals surface area (Å²) in [6, 6.07) is 18.4. The molecule has 7 heteroatoms. The number of benzene rings is 2. The Balaban J connectivity index is 1.44. The summed E-state index contributed by atoms with van der Waals surface area (Å²) in [5, 5.41) is 0.602. The molecule has 2 heterocycles. The Morgan fingerprint density at radius 3 is 2.66 bits per heavy atom. The van der Waals surface area contributed by atoms with Gasteiger partial charge in [0.1, 0.15) is 17.9 Å². The van der Waals surface area contributed by atoms with E-state index in [-0.39, 0.29) is 11.9 Å². The average molecular weight is 409 g/mol. The molecule has 0 unspecified atom stereocenters. The van der Waals surface area contributed by atoms with Crippen LogP contribution in [0.5, 0.6) is 11.6 Å². The lowest BCUT2D eigenvalue weighted by atomic mass is 10.1. The van der Waals surface area contributed by atoms with Crippen molar-refractivity contribution in [2.45, 2.75) is 13.0 Å². The predicted molar refractivity (Wildman–Crippen MR) is 113 cm³/mol. The zero-order valence-electron chi connectivity index (χ0n) is 16.0. The van der Waals surface area contributed by atoms with Gasteiger partial charge in [0.15, 0.2) is 0 Å². The lowest BCUT2D eigenvalue weighted by Crippen LogP contribution is -2.54. The number of piperazine rings is 1. The first kappa shape index (κ1) is 19.2. The molecular weight excluding hydrogens is 388 g/mol. The SMILES string of the molecule is C[C@@H]1CN(c2cc(Oc3cccc(Cl)c3)ncn2)CCN1C(=O)c1ccccc1. The predicted octanol–water partition coefficient (Wildman–Crippen LogP) is 4.27. The van der Waals surface area contributed by atoms with E-state index < -0.39 is 0 Å². The number of carbonyl (C=O) groups is 1. The quantitative estimate of drug-likeness (QED) is 0.645. The van der Waals surface area contributed by atoms with Crippen LogP contribution in [-0.2, 0) is 0 Å². The Bertz CT molecular complexity index is 999. The molecule has 4 rings (SSSR count). The minimum atomic E-state index is 0.0590. The van der Waals surface area contributed by atoms with Crippen molar-refractivity contribution in [2.75, 3.05) is 24.5 Å². The van der Waals surface area contributed by atoms with Crippen LogP contribution in [0.1, 0.15) is 17.3 Å². The van der Waals surface area contributed by atoms with Gasteiger partial charge >= 0.3 is 0 Å². The maximum Gasteiger partial charge on any atom is 0.254 e. The van der Waals surface area contributed by atoms with Gasteiger partial charge in [0, 0.05) is 42.3 Å². The highest BCUT2D eigenvalue weighted by atomic mass is 35.5. The van der Waals surface area contributed by atoms with Crippen molar-refractivity contribution in [3.8, 4) is 11.6 Å². The van der Waals surface area contributed by atoms with Gasteiger partial charge in [-0.1, -0.05) is 35.9 Å². The molecule has 0 saturated carbocycles. The summed E-state index contributed by atoms with van der Waals surface area (Å²) in [5.41, 5.74) is 0.715. The number of hydrogen-bond acceptors (Lipinski definition) is 5. The van der Waals surface area contributed by atoms with Crippen LogP contribution in [0.25, 0.3) is 0 Å². The van der Waals surface area contributed by atoms with Crippen molar-refractivity contribution in [3.05, 3.63) is 77.6 Å². The Kier molecular flexibility index (Phi) is 5.62. The van der Waals surface area contributed by atoms with Crippen molar-refractivity contribution >= 4 is 23.3 Å². The number of amides is 1. The molecule has 0 N–H and O–H groups in total. The summed E-state index contributed by atoms with van der Waals surface area (Å²) in [6.45, 7) is 4.06. The molecule has 0 aliphatic carbocycles. The third-order valence-electron chi connectivity index (χ3n) is 4.88. The number of nitrogens with zero attached hydrogens (tertiary/aromatic N) is 4. The fourth-order valence-electron chi connectivity index (χ4n) is 3.42. The summed E-state index contributed by atoms with van der Waals surface area (Å²) >= 11 is 6.01. The molecule has 2 aromatic carbocycles. The maximum atomic E-state index is 12.8. The number of halogens is 1. The number of rotatable bonds is 4. The van der Waals surface area contributed by atoms with Gasteiger partial charge in [-0.25, -0.2) is 9.97 Å². The Hall–Kier alpha value is -3.12. The van der Waals surface area contributed by atoms with Crippen molar-refractivity contribution < 1.29 is 9.53 Å². The summed E-state index contributed by atoms with van der Waals surface area (Å²) in [4.78, 5) is 25.4. The van der Waals surface area contributed by atoms with E-state index in [1.54, 1.807) is 12.1 Å². The van der Waals surface area contributed by atoms with E-state index in [4.69, 9.17) is 16.3 Å². The lowest BCUT2D eigenvalue weighted by molar-refractivity contribution is 0.0673. The molecule has 1 atom stereocenters. The summed E-state index contributed by atoms with van der Waals surface area (Å²) in [7, 11) is 0. The van der Waals surface area contributed by atoms with E-state index in [9.17, 15) is 4.79 Å². The third-order valence-corrected chi connectivity index (χ3v) is 5.11. The molecule has 1 fully saturated rings. The van der Waals surface area contributed by atoms with Crippen LogP contribution < -0.4 is 9.64 Å². The van der Waals surface area contributed by atoms with Crippen LogP contribution in [0.15, 0.2) is 67.0 Å². The minimum Gasteiger partial charge on any atom is -0.439 e. The molecule has 3 aromatic rings. The first-order chi connectivity index (χ1) is 14.1. The van der Waals surface area contributed by atoms with E-state index in [0.717, 1.165) is 5.82 Å². The normalized spacial score (nSPS) is 16.6. The topological polar surface area (TPSA) is 58.6 Å². The third kappa shape index (κ3) is 4.49. The Morgan fingerprint density at radius 1 is 1.07 bits per heavy atom. The molecular formula is C22H21ClN4O2. The molecule has 0 radical (unpaired) electrons. The van der Waals surface area contributed by atoms with Gasteiger partial charge < -0.3 is 14.5 Å². The smallest absolute Gasteiger partial charge is 0.254 e. The monoisotopic (exact) mass is 408 g/mol. The molecule has 1 aromatic heterocycles. The highest BCUT2D eigenvalue weighted by Crippen LogP contribution is 2.26. The zero-order valence-corrected chi connectivity index (χ0v) is 16.8. The van der Waals surface area contributed by atoms with Crippen LogP contribution in [0, 0.1) is 0 Å². The first-order valence-electron chi connectivity index (χ1n) is 9.46. The van der Waals surface area contributed by atoms with Crippen LogP contribution >= 0.6 is 11.6 Å². The van der Waals surface area contributed by atoms with E-state index in [1.807, 2.05) is 53.4 Å². The van der Waals surface area contributed by atoms with Crippen molar-refractivity contribution in [1.29, 1.82) is 0 Å². The number of hydrogen-bond donors (Lipinski definition) is 0. The second-order valence-electron chi connectivity index (χ2n) is 6.93. The molecule has 1 amide bonds. The van der Waals surface area contributed by atoms with E-state index >= 15 is 0 Å². The van der Waals surface area contributed by atoms with Crippen LogP contribution in [-0.4, -0.2) is 46.5 Å². The maximum absolute atomic E-state index is 12.8. The fourth-order valence-corrected chi connectivity index (χ4v) is 3.60. The molecule has 1 aliphatic heterocycles. The van der Waals surface area contributed by atoms with E-state index in [0.29, 0.717) is 41.8 Å². The first-order valence-corrected chi connectivity index (χ1v) is 9.84. The Morgan fingerprint density at radius 2 is 1.90 bits per heavy atom. The summed E-state index contributed by atoms with van der Waals surface area (Å²) < 4.78 is 5.81. The highest BCUT2D eigenvalue weighted by Gasteiger charge is 2.28. The van der Waals surface area contributed by atoms with Crippen LogP contribution in [0.4, 0.5) is 5.82 Å². The zero-order chi connectivity index (χ0) is 20.2. The van der Waals surface area contributed by atoms with Crippen LogP contribution in [0.3, 0.4) is 0 Å². The molecule has 1 saturated heterocycles. The van der Waals surface area contributed by atoms with Gasteiger partial charge in [0.25, 0.3) is 5.91 Å². The molecule has 0 spiro atoms. The van der Waals surface area contributed by atoms with E-state index in [2.05, 4.69) is 21.8 Å². The molecule has 29 heavy (non-hydrogen) atoms.